The summed E-state index contributed by atoms with van der Waals surface area (Å²) in [5.41, 5.74) is -0.738. The number of aliphatic hydroxyl groups is 11. The van der Waals surface area contributed by atoms with E-state index in [-0.39, 0.29) is 39.9 Å². The van der Waals surface area contributed by atoms with Crippen molar-refractivity contribution in [1.82, 2.24) is 0 Å². The fourth-order valence-corrected chi connectivity index (χ4v) is 7.16. The molecule has 0 saturated carbocycles. The highest BCUT2D eigenvalue weighted by molar-refractivity contribution is 5.88. The lowest BCUT2D eigenvalue weighted by atomic mass is 9.99. The summed E-state index contributed by atoms with van der Waals surface area (Å²) in [6, 6.07) is 10.5. The molecule has 3 saturated heterocycles. The first-order valence-corrected chi connectivity index (χ1v) is 20.0. The molecule has 0 amide bonds. The SMILES string of the molecule is O=c1cc(O[C@@H]2O[C@H](COC(=[OH+])C=Cc3ccc(O)c(O)c3)[C@@H](O)[C@H](O)[C@H]2O)cc2oc(-c3ccc(O)c(O[C@@H]4O[C@H](CO)[C@@H](O)[C@H](O)[C@H]4O)c3)c(O[C@@H]3O[C@H](CO)[C@@H](O)[C@H](O)[C@H]3O)cc1-2. The third kappa shape index (κ3) is 10.0. The summed E-state index contributed by atoms with van der Waals surface area (Å²) in [7, 11) is 0. The van der Waals surface area contributed by atoms with E-state index in [9.17, 15) is 81.1 Å². The van der Waals surface area contributed by atoms with Crippen LogP contribution in [0.2, 0.25) is 0 Å². The van der Waals surface area contributed by atoms with E-state index in [0.29, 0.717) is 5.56 Å². The highest BCUT2D eigenvalue weighted by Gasteiger charge is 2.48. The van der Waals surface area contributed by atoms with E-state index < -0.39 is 141 Å². The minimum Gasteiger partial charge on any atom is -0.504 e. The van der Waals surface area contributed by atoms with Gasteiger partial charge in [0.25, 0.3) is 0 Å². The van der Waals surface area contributed by atoms with E-state index in [1.54, 1.807) is 0 Å². The van der Waals surface area contributed by atoms with Gasteiger partial charge in [0.2, 0.25) is 25.5 Å². The van der Waals surface area contributed by atoms with Gasteiger partial charge in [-0.3, -0.25) is 4.79 Å². The van der Waals surface area contributed by atoms with Crippen molar-refractivity contribution in [2.45, 2.75) is 92.1 Å². The molecule has 7 rings (SSSR count). The Balaban J connectivity index is 1.18. The van der Waals surface area contributed by atoms with Crippen LogP contribution in [-0.4, -0.2) is 194 Å². The lowest BCUT2D eigenvalue weighted by Crippen LogP contribution is -2.60. The smallest absolute Gasteiger partial charge is 0.504 e. The van der Waals surface area contributed by atoms with E-state index in [1.165, 1.54) is 30.3 Å². The third-order valence-corrected chi connectivity index (χ3v) is 10.9. The van der Waals surface area contributed by atoms with E-state index in [0.717, 1.165) is 36.4 Å². The topological polar surface area (TPSA) is 399 Å². The maximum Gasteiger partial charge on any atom is 0.510 e. The van der Waals surface area contributed by atoms with Gasteiger partial charge in [0, 0.05) is 17.7 Å². The number of aliphatic hydroxyl groups excluding tert-OH is 11. The van der Waals surface area contributed by atoms with Crippen LogP contribution in [0.4, 0.5) is 0 Å². The predicted molar refractivity (Wildman–Crippen MR) is 217 cm³/mol. The molecule has 0 radical (unpaired) electrons. The van der Waals surface area contributed by atoms with Gasteiger partial charge in [0.05, 0.1) is 24.9 Å². The number of benzene rings is 3. The summed E-state index contributed by atoms with van der Waals surface area (Å²) in [5, 5.41) is 144. The second kappa shape index (κ2) is 20.0. The second-order valence-electron chi connectivity index (χ2n) is 15.4. The maximum absolute atomic E-state index is 13.7. The van der Waals surface area contributed by atoms with Gasteiger partial charge >= 0.3 is 5.97 Å². The van der Waals surface area contributed by atoms with Crippen LogP contribution in [0.5, 0.6) is 34.5 Å². The van der Waals surface area contributed by atoms with Crippen LogP contribution in [0.1, 0.15) is 5.56 Å². The number of ether oxygens (including phenoxy) is 7. The molecular weight excluding hydrogens is 888 g/mol. The lowest BCUT2D eigenvalue weighted by molar-refractivity contribution is -0.277. The summed E-state index contributed by atoms with van der Waals surface area (Å²) >= 11 is 0. The Hall–Kier alpha value is -5.68. The Morgan fingerprint density at radius 3 is 1.73 bits per heavy atom. The number of fused-ring (bicyclic) bond motifs is 1. The summed E-state index contributed by atoms with van der Waals surface area (Å²) in [6.07, 6.45) is -23.9. The number of esters is 1. The molecule has 1 aliphatic carbocycles. The zero-order valence-electron chi connectivity index (χ0n) is 34.0. The van der Waals surface area contributed by atoms with E-state index >= 15 is 0 Å². The Bertz CT molecular complexity index is 2380. The average molecular weight is 936 g/mol. The first kappa shape index (κ1) is 48.3. The second-order valence-corrected chi connectivity index (χ2v) is 15.4. The minimum absolute atomic E-state index is 0.0465. The quantitative estimate of drug-likeness (QED) is 0.0265. The van der Waals surface area contributed by atoms with Crippen LogP contribution >= 0.6 is 0 Å². The molecule has 0 aromatic heterocycles. The first-order chi connectivity index (χ1) is 31.4. The molecule has 24 nitrogen and oxygen atoms in total. The first-order valence-electron chi connectivity index (χ1n) is 20.0. The number of hydrogen-bond acceptors (Lipinski definition) is 23. The van der Waals surface area contributed by atoms with Crippen LogP contribution in [0.15, 0.2) is 69.9 Å². The molecule has 4 heterocycles. The van der Waals surface area contributed by atoms with Gasteiger partial charge in [-0.05, 0) is 48.0 Å². The van der Waals surface area contributed by atoms with Crippen LogP contribution in [0, 0.1) is 0 Å². The number of aromatic hydroxyl groups is 3. The van der Waals surface area contributed by atoms with Crippen molar-refractivity contribution in [3.05, 3.63) is 76.5 Å². The van der Waals surface area contributed by atoms with E-state index in [2.05, 4.69) is 0 Å². The zero-order valence-corrected chi connectivity index (χ0v) is 34.0. The lowest BCUT2D eigenvalue weighted by Gasteiger charge is -2.39. The largest absolute Gasteiger partial charge is 0.510 e. The van der Waals surface area contributed by atoms with Crippen molar-refractivity contribution in [1.29, 1.82) is 0 Å². The Morgan fingerprint density at radius 2 is 1.14 bits per heavy atom. The third-order valence-electron chi connectivity index (χ3n) is 10.9. The minimum atomic E-state index is -1.94. The van der Waals surface area contributed by atoms with Crippen LogP contribution in [0.25, 0.3) is 28.7 Å². The fraction of sp³-hybridized carbons (Fsp3) is 0.429. The number of rotatable bonds is 13. The van der Waals surface area contributed by atoms with Crippen molar-refractivity contribution in [2.75, 3.05) is 19.8 Å². The monoisotopic (exact) mass is 935 g/mol. The molecule has 3 fully saturated rings. The fourth-order valence-electron chi connectivity index (χ4n) is 7.16. The Kier molecular flexibility index (Phi) is 14.7. The van der Waals surface area contributed by atoms with Crippen molar-refractivity contribution in [2.24, 2.45) is 0 Å². The molecule has 0 spiro atoms. The van der Waals surface area contributed by atoms with Gasteiger partial charge in [-0.2, -0.15) is 0 Å². The summed E-state index contributed by atoms with van der Waals surface area (Å²) in [6.45, 7) is -2.22. The Labute approximate surface area is 371 Å². The maximum atomic E-state index is 13.7. The molecule has 358 valence electrons. The normalized spacial score (nSPS) is 32.6. The molecule has 15 atom stereocenters. The molecule has 15 N–H and O–H groups in total. The molecule has 66 heavy (non-hydrogen) atoms. The van der Waals surface area contributed by atoms with Gasteiger partial charge < -0.3 is 114 Å². The predicted octanol–water partition coefficient (Wildman–Crippen LogP) is -3.70. The van der Waals surface area contributed by atoms with E-state index in [4.69, 9.17) is 37.6 Å². The zero-order chi connectivity index (χ0) is 47.7. The molecule has 24 heteroatoms. The van der Waals surface area contributed by atoms with Crippen molar-refractivity contribution in [3.8, 4) is 57.1 Å². The molecule has 2 aromatic rings. The number of phenols is 3. The Morgan fingerprint density at radius 1 is 0.591 bits per heavy atom. The van der Waals surface area contributed by atoms with Gasteiger partial charge in [-0.25, -0.2) is 0 Å². The number of carbonyl (C=O) groups excluding carboxylic acids is 1. The van der Waals surface area contributed by atoms with Gasteiger partial charge in [0.15, 0.2) is 46.0 Å². The molecule has 2 aromatic carbocycles. The summed E-state index contributed by atoms with van der Waals surface area (Å²) < 4.78 is 45.3. The molecule has 0 bridgehead atoms. The van der Waals surface area contributed by atoms with Gasteiger partial charge in [-0.1, -0.05) is 6.07 Å². The molecule has 5 aliphatic rings. The van der Waals surface area contributed by atoms with Crippen molar-refractivity contribution >= 4 is 12.0 Å². The van der Waals surface area contributed by atoms with Crippen molar-refractivity contribution in [3.63, 3.8) is 0 Å². The highest BCUT2D eigenvalue weighted by atomic mass is 16.7. The van der Waals surface area contributed by atoms with Gasteiger partial charge in [-0.15, -0.1) is 0 Å². The summed E-state index contributed by atoms with van der Waals surface area (Å²) in [5.74, 6) is -3.79. The highest BCUT2D eigenvalue weighted by Crippen LogP contribution is 2.42. The van der Waals surface area contributed by atoms with Gasteiger partial charge in [0.1, 0.15) is 78.7 Å². The van der Waals surface area contributed by atoms with Crippen molar-refractivity contribution < 1.29 is 114 Å². The molecule has 0 unspecified atom stereocenters. The van der Waals surface area contributed by atoms with Crippen LogP contribution in [-0.2, 0) is 18.9 Å². The van der Waals surface area contributed by atoms with Crippen LogP contribution < -0.4 is 19.6 Å². The summed E-state index contributed by atoms with van der Waals surface area (Å²) in [4.78, 5) is 24.0. The number of hydrogen-bond donors (Lipinski definition) is 14. The number of phenolic OH excluding ortho intramolecular Hbond substituents is 3. The molecule has 4 aliphatic heterocycles. The van der Waals surface area contributed by atoms with Crippen LogP contribution in [0.3, 0.4) is 0 Å². The standard InChI is InChI=1S/C42H46O24/c43-12-26-30(50)33(53)37(57)41(64-26)62-24-8-16(3-5-20(24)46)39-25(63-42-38(58)34(54)31(51)27(13-44)65-42)11-18-21(47)9-17(10-23(18)61-39)60-40-36(56)35(55)32(52)28(66-40)14-59-29(49)6-2-15-1-4-19(45)22(48)7-15/h1-11,26-28,30-38,40-46,48,50-58H,12-14H2/p+1/t26-,27-,28-,30-,31-,32-,33+,34+,35+,36-,37-,38-,40-,41-,42-/m1/s1. The average Bonchev–Trinajstić information content (AvgIpc) is 3.30. The molecular formula is C42H47O24+. The van der Waals surface area contributed by atoms with E-state index in [1.807, 2.05) is 0 Å².